The first-order valence-corrected chi connectivity index (χ1v) is 14.8. The van der Waals surface area contributed by atoms with Gasteiger partial charge in [0.1, 0.15) is 0 Å². The molecule has 0 aliphatic carbocycles. The van der Waals surface area contributed by atoms with Crippen molar-refractivity contribution in [2.45, 2.75) is 73.6 Å². The van der Waals surface area contributed by atoms with E-state index >= 15 is 0 Å². The SMILES string of the molecule is CCC([CH2][Al]([CH2]C(CC)c1ccccc1)[CH2]C(CC)c1ccccc1)c1ccccc1. The Bertz CT molecular complexity index is 726. The van der Waals surface area contributed by atoms with Crippen LogP contribution in [0.1, 0.15) is 74.5 Å². The molecule has 0 heterocycles. The van der Waals surface area contributed by atoms with Gasteiger partial charge in [0.05, 0.1) is 0 Å². The zero-order chi connectivity index (χ0) is 21.9. The van der Waals surface area contributed by atoms with E-state index < -0.39 is 14.1 Å². The van der Waals surface area contributed by atoms with E-state index in [-0.39, 0.29) is 0 Å². The van der Waals surface area contributed by atoms with E-state index in [2.05, 4.69) is 112 Å². The van der Waals surface area contributed by atoms with E-state index in [4.69, 9.17) is 0 Å². The molecule has 0 bridgehead atoms. The molecule has 0 N–H and O–H groups in total. The van der Waals surface area contributed by atoms with Gasteiger partial charge in [0.15, 0.2) is 0 Å². The predicted octanol–water partition coefficient (Wildman–Crippen LogP) is 9.06. The monoisotopic (exact) mass is 426 g/mol. The molecule has 0 fully saturated rings. The molecule has 3 rings (SSSR count). The van der Waals surface area contributed by atoms with Gasteiger partial charge in [-0.25, -0.2) is 0 Å². The van der Waals surface area contributed by atoms with Gasteiger partial charge in [-0.05, 0) is 34.4 Å². The summed E-state index contributed by atoms with van der Waals surface area (Å²) in [5, 5.41) is 4.27. The van der Waals surface area contributed by atoms with Crippen molar-refractivity contribution in [2.24, 2.45) is 0 Å². The Kier molecular flexibility index (Phi) is 9.93. The molecule has 3 unspecified atom stereocenters. The maximum absolute atomic E-state index is 2.38. The highest BCUT2D eigenvalue weighted by Gasteiger charge is 2.29. The molecule has 162 valence electrons. The third kappa shape index (κ3) is 7.10. The van der Waals surface area contributed by atoms with Crippen LogP contribution in [0.5, 0.6) is 0 Å². The molecule has 3 atom stereocenters. The Balaban J connectivity index is 1.83. The van der Waals surface area contributed by atoms with Gasteiger partial charge in [0.25, 0.3) is 14.1 Å². The van der Waals surface area contributed by atoms with Crippen LogP contribution in [0.4, 0.5) is 0 Å². The Hall–Kier alpha value is -1.81. The lowest BCUT2D eigenvalue weighted by molar-refractivity contribution is 0.670. The number of hydrogen-bond donors (Lipinski definition) is 0. The van der Waals surface area contributed by atoms with E-state index in [0.29, 0.717) is 17.8 Å². The van der Waals surface area contributed by atoms with E-state index in [9.17, 15) is 0 Å². The molecular formula is C30H39Al. The fraction of sp³-hybridized carbons (Fsp3) is 0.400. The van der Waals surface area contributed by atoms with Crippen molar-refractivity contribution in [2.75, 3.05) is 0 Å². The van der Waals surface area contributed by atoms with Gasteiger partial charge >= 0.3 is 0 Å². The van der Waals surface area contributed by atoms with Crippen LogP contribution in [-0.2, 0) is 0 Å². The van der Waals surface area contributed by atoms with Crippen molar-refractivity contribution in [1.29, 1.82) is 0 Å². The molecule has 1 heteroatoms. The standard InChI is InChI=1S/3C10H13.Al/c3*1-3-9(2)10-7-5-4-6-8-10;/h3*4-9H,2-3H2,1H3;. The van der Waals surface area contributed by atoms with Crippen molar-refractivity contribution < 1.29 is 0 Å². The molecule has 0 aliphatic rings. The minimum Gasteiger partial charge on any atom is -0.0870 e. The van der Waals surface area contributed by atoms with Gasteiger partial charge in [-0.1, -0.05) is 147 Å². The maximum atomic E-state index is 2.38. The molecule has 0 amide bonds. The van der Waals surface area contributed by atoms with Gasteiger partial charge in [0, 0.05) is 0 Å². The van der Waals surface area contributed by atoms with Gasteiger partial charge in [0.2, 0.25) is 0 Å². The van der Waals surface area contributed by atoms with Crippen molar-refractivity contribution in [3.05, 3.63) is 108 Å². The molecule has 31 heavy (non-hydrogen) atoms. The molecule has 0 aliphatic heterocycles. The lowest BCUT2D eigenvalue weighted by Crippen LogP contribution is -2.22. The zero-order valence-corrected chi connectivity index (χ0v) is 20.9. The molecular weight excluding hydrogens is 387 g/mol. The largest absolute Gasteiger partial charge is 0.263 e. The lowest BCUT2D eigenvalue weighted by atomic mass is 9.98. The summed E-state index contributed by atoms with van der Waals surface area (Å²) in [4.78, 5) is 0. The van der Waals surface area contributed by atoms with Crippen molar-refractivity contribution >= 4 is 14.1 Å². The molecule has 0 radical (unpaired) electrons. The fourth-order valence-electron chi connectivity index (χ4n) is 5.29. The van der Waals surface area contributed by atoms with Crippen molar-refractivity contribution in [3.63, 3.8) is 0 Å². The first-order chi connectivity index (χ1) is 15.2. The summed E-state index contributed by atoms with van der Waals surface area (Å²) in [5.41, 5.74) is 4.63. The second-order valence-electron chi connectivity index (χ2n) is 9.12. The smallest absolute Gasteiger partial charge is 0.0870 e. The summed E-state index contributed by atoms with van der Waals surface area (Å²) in [6.07, 6.45) is 3.74. The van der Waals surface area contributed by atoms with Crippen LogP contribution in [0.2, 0.25) is 15.8 Å². The molecule has 0 saturated heterocycles. The number of benzene rings is 3. The van der Waals surface area contributed by atoms with Crippen LogP contribution in [0.15, 0.2) is 91.0 Å². The van der Waals surface area contributed by atoms with Crippen LogP contribution in [0, 0.1) is 0 Å². The van der Waals surface area contributed by atoms with Crippen LogP contribution < -0.4 is 0 Å². The van der Waals surface area contributed by atoms with E-state index in [0.717, 1.165) is 0 Å². The van der Waals surface area contributed by atoms with Gasteiger partial charge in [-0.15, -0.1) is 0 Å². The minimum atomic E-state index is -0.970. The topological polar surface area (TPSA) is 0 Å². The fourth-order valence-corrected chi connectivity index (χ4v) is 10.1. The molecule has 3 aromatic rings. The Morgan fingerprint density at radius 3 is 0.935 bits per heavy atom. The van der Waals surface area contributed by atoms with Crippen LogP contribution in [0.25, 0.3) is 0 Å². The quantitative estimate of drug-likeness (QED) is 0.253. The van der Waals surface area contributed by atoms with Crippen LogP contribution >= 0.6 is 0 Å². The van der Waals surface area contributed by atoms with Crippen LogP contribution in [0.3, 0.4) is 0 Å². The van der Waals surface area contributed by atoms with Gasteiger partial charge < -0.3 is 0 Å². The van der Waals surface area contributed by atoms with Gasteiger partial charge in [-0.2, -0.15) is 0 Å². The first kappa shape index (κ1) is 23.8. The molecule has 0 spiro atoms. The summed E-state index contributed by atoms with van der Waals surface area (Å²) in [6.45, 7) is 7.14. The molecule has 0 nitrogen and oxygen atoms in total. The van der Waals surface area contributed by atoms with E-state index in [1.807, 2.05) is 0 Å². The summed E-state index contributed by atoms with van der Waals surface area (Å²) in [5.74, 6) is 2.12. The summed E-state index contributed by atoms with van der Waals surface area (Å²) in [7, 11) is 0. The minimum absolute atomic E-state index is 0.708. The summed E-state index contributed by atoms with van der Waals surface area (Å²) in [6, 6.07) is 33.8. The average Bonchev–Trinajstić information content (AvgIpc) is 2.85. The maximum Gasteiger partial charge on any atom is 0.263 e. The highest BCUT2D eigenvalue weighted by molar-refractivity contribution is 6.59. The Morgan fingerprint density at radius 1 is 0.452 bits per heavy atom. The van der Waals surface area contributed by atoms with Crippen molar-refractivity contribution in [3.8, 4) is 0 Å². The Morgan fingerprint density at radius 2 is 0.710 bits per heavy atom. The molecule has 0 saturated carbocycles. The number of rotatable bonds is 12. The van der Waals surface area contributed by atoms with E-state index in [1.165, 1.54) is 35.1 Å². The second kappa shape index (κ2) is 12.9. The third-order valence-corrected chi connectivity index (χ3v) is 10.9. The van der Waals surface area contributed by atoms with Gasteiger partial charge in [-0.3, -0.25) is 0 Å². The highest BCUT2D eigenvalue weighted by Crippen LogP contribution is 2.36. The summed E-state index contributed by atoms with van der Waals surface area (Å²) >= 11 is -0.970. The van der Waals surface area contributed by atoms with E-state index in [1.54, 1.807) is 16.7 Å². The normalized spacial score (nSPS) is 14.0. The second-order valence-corrected chi connectivity index (χ2v) is 12.3. The zero-order valence-electron chi connectivity index (χ0n) is 19.7. The third-order valence-electron chi connectivity index (χ3n) is 7.14. The first-order valence-electron chi connectivity index (χ1n) is 12.4. The predicted molar refractivity (Wildman–Crippen MR) is 139 cm³/mol. The Labute approximate surface area is 195 Å². The van der Waals surface area contributed by atoms with Crippen molar-refractivity contribution in [1.82, 2.24) is 0 Å². The number of hydrogen-bond acceptors (Lipinski definition) is 0. The van der Waals surface area contributed by atoms with Crippen LogP contribution in [-0.4, -0.2) is 14.1 Å². The molecule has 3 aromatic carbocycles. The molecule has 0 aromatic heterocycles. The summed E-state index contributed by atoms with van der Waals surface area (Å²) < 4.78 is 0. The highest BCUT2D eigenvalue weighted by atomic mass is 27.2. The average molecular weight is 427 g/mol. The lowest BCUT2D eigenvalue weighted by Gasteiger charge is -2.27.